The van der Waals surface area contributed by atoms with Gasteiger partial charge in [0.05, 0.1) is 6.61 Å². The predicted molar refractivity (Wildman–Crippen MR) is 59.7 cm³/mol. The van der Waals surface area contributed by atoms with Gasteiger partial charge in [-0.1, -0.05) is 23.7 Å². The Balaban J connectivity index is 2.42. The third kappa shape index (κ3) is 1.96. The Kier molecular flexibility index (Phi) is 2.89. The summed E-state index contributed by atoms with van der Waals surface area (Å²) in [4.78, 5) is 11.4. The van der Waals surface area contributed by atoms with E-state index in [1.165, 1.54) is 0 Å². The van der Waals surface area contributed by atoms with Gasteiger partial charge in [0, 0.05) is 17.0 Å². The molecule has 2 rings (SSSR count). The quantitative estimate of drug-likeness (QED) is 0.835. The second-order valence-corrected chi connectivity index (χ2v) is 3.98. The number of carbonyl (C=O) groups excluding carboxylic acids is 1. The number of halogens is 1. The molecule has 0 aliphatic heterocycles. The van der Waals surface area contributed by atoms with Crippen molar-refractivity contribution in [1.82, 2.24) is 0 Å². The highest BCUT2D eigenvalue weighted by atomic mass is 35.5. The number of aliphatic hydroxyl groups excluding tert-OH is 1. The first kappa shape index (κ1) is 10.4. The lowest BCUT2D eigenvalue weighted by Gasteiger charge is -2.04. The number of hydrogen-bond acceptors (Lipinski definition) is 2. The molecular weight excluding hydrogens is 212 g/mol. The molecule has 0 heterocycles. The maximum absolute atomic E-state index is 11.4. The number of rotatable bonds is 2. The Bertz CT molecular complexity index is 418. The summed E-state index contributed by atoms with van der Waals surface area (Å²) in [5.41, 5.74) is 2.49. The maximum Gasteiger partial charge on any atom is 0.161 e. The van der Waals surface area contributed by atoms with E-state index in [0.717, 1.165) is 17.6 Å². The monoisotopic (exact) mass is 222 g/mol. The van der Waals surface area contributed by atoms with E-state index in [2.05, 4.69) is 0 Å². The van der Waals surface area contributed by atoms with Gasteiger partial charge < -0.3 is 5.11 Å². The van der Waals surface area contributed by atoms with Crippen LogP contribution in [0, 0.1) is 0 Å². The lowest BCUT2D eigenvalue weighted by atomic mass is 10.0. The van der Waals surface area contributed by atoms with Gasteiger partial charge in [0.15, 0.2) is 5.78 Å². The van der Waals surface area contributed by atoms with Crippen LogP contribution in [0.15, 0.2) is 29.8 Å². The minimum atomic E-state index is -0.170. The van der Waals surface area contributed by atoms with E-state index in [9.17, 15) is 4.79 Å². The first-order valence-corrected chi connectivity index (χ1v) is 5.22. The van der Waals surface area contributed by atoms with Gasteiger partial charge >= 0.3 is 0 Å². The molecule has 15 heavy (non-hydrogen) atoms. The van der Waals surface area contributed by atoms with Crippen molar-refractivity contribution in [2.75, 3.05) is 6.61 Å². The van der Waals surface area contributed by atoms with E-state index in [4.69, 9.17) is 16.7 Å². The molecule has 0 bridgehead atoms. The zero-order valence-electron chi connectivity index (χ0n) is 8.16. The van der Waals surface area contributed by atoms with Crippen LogP contribution in [0.1, 0.15) is 18.4 Å². The van der Waals surface area contributed by atoms with Crippen LogP contribution in [0.25, 0.3) is 5.57 Å². The van der Waals surface area contributed by atoms with Crippen molar-refractivity contribution in [2.45, 2.75) is 12.8 Å². The molecule has 0 amide bonds. The van der Waals surface area contributed by atoms with Crippen LogP contribution >= 0.6 is 11.6 Å². The Hall–Kier alpha value is -1.12. The highest BCUT2D eigenvalue weighted by molar-refractivity contribution is 6.30. The molecule has 0 atom stereocenters. The molecule has 1 aliphatic carbocycles. The summed E-state index contributed by atoms with van der Waals surface area (Å²) < 4.78 is 0. The van der Waals surface area contributed by atoms with Crippen LogP contribution in [0.2, 0.25) is 5.02 Å². The molecule has 0 saturated heterocycles. The average molecular weight is 223 g/mol. The maximum atomic E-state index is 11.4. The zero-order valence-corrected chi connectivity index (χ0v) is 8.92. The summed E-state index contributed by atoms with van der Waals surface area (Å²) in [7, 11) is 0. The molecule has 0 saturated carbocycles. The zero-order chi connectivity index (χ0) is 10.8. The van der Waals surface area contributed by atoms with Crippen LogP contribution in [-0.4, -0.2) is 17.5 Å². The molecule has 1 aromatic rings. The molecule has 0 unspecified atom stereocenters. The van der Waals surface area contributed by atoms with Crippen molar-refractivity contribution in [3.05, 3.63) is 40.4 Å². The Labute approximate surface area is 93.2 Å². The highest BCUT2D eigenvalue weighted by Gasteiger charge is 2.22. The fourth-order valence-corrected chi connectivity index (χ4v) is 1.99. The van der Waals surface area contributed by atoms with E-state index in [1.807, 2.05) is 12.1 Å². The lowest BCUT2D eigenvalue weighted by molar-refractivity contribution is -0.115. The molecule has 0 aromatic heterocycles. The summed E-state index contributed by atoms with van der Waals surface area (Å²) in [5, 5.41) is 9.79. The number of allylic oxidation sites excluding steroid dienone is 1. The van der Waals surface area contributed by atoms with E-state index in [-0.39, 0.29) is 12.4 Å². The summed E-state index contributed by atoms with van der Waals surface area (Å²) in [6.07, 6.45) is 1.23. The third-order valence-corrected chi connectivity index (χ3v) is 2.91. The van der Waals surface area contributed by atoms with Crippen LogP contribution < -0.4 is 0 Å². The van der Waals surface area contributed by atoms with Gasteiger partial charge in [-0.3, -0.25) is 4.79 Å². The molecule has 78 valence electrons. The Morgan fingerprint density at radius 1 is 1.20 bits per heavy atom. The van der Waals surface area contributed by atoms with Gasteiger partial charge in [-0.2, -0.15) is 0 Å². The van der Waals surface area contributed by atoms with Gasteiger partial charge in [-0.15, -0.1) is 0 Å². The van der Waals surface area contributed by atoms with Gasteiger partial charge in [-0.05, 0) is 29.7 Å². The molecule has 3 heteroatoms. The van der Waals surface area contributed by atoms with Gasteiger partial charge in [0.2, 0.25) is 0 Å². The van der Waals surface area contributed by atoms with E-state index in [1.54, 1.807) is 12.1 Å². The second-order valence-electron chi connectivity index (χ2n) is 3.55. The highest BCUT2D eigenvalue weighted by Crippen LogP contribution is 2.31. The number of aliphatic hydroxyl groups is 1. The molecule has 0 fully saturated rings. The van der Waals surface area contributed by atoms with E-state index in [0.29, 0.717) is 17.0 Å². The third-order valence-electron chi connectivity index (χ3n) is 2.65. The Morgan fingerprint density at radius 2 is 1.87 bits per heavy atom. The normalized spacial score (nSPS) is 16.3. The van der Waals surface area contributed by atoms with Crippen molar-refractivity contribution >= 4 is 23.0 Å². The number of Topliss-reactive ketones (excluding diaryl/α,β-unsaturated/α-hetero) is 1. The first-order valence-electron chi connectivity index (χ1n) is 4.84. The van der Waals surface area contributed by atoms with Gasteiger partial charge in [0.25, 0.3) is 0 Å². The molecule has 1 aromatic carbocycles. The molecule has 0 radical (unpaired) electrons. The Morgan fingerprint density at radius 3 is 2.47 bits per heavy atom. The van der Waals surface area contributed by atoms with Crippen molar-refractivity contribution < 1.29 is 9.90 Å². The van der Waals surface area contributed by atoms with Crippen molar-refractivity contribution in [1.29, 1.82) is 0 Å². The number of benzene rings is 1. The summed E-state index contributed by atoms with van der Waals surface area (Å²) in [6, 6.07) is 7.35. The fourth-order valence-electron chi connectivity index (χ4n) is 1.86. The van der Waals surface area contributed by atoms with Crippen LogP contribution in [-0.2, 0) is 4.79 Å². The smallest absolute Gasteiger partial charge is 0.161 e. The molecule has 1 aliphatic rings. The topological polar surface area (TPSA) is 37.3 Å². The molecule has 2 nitrogen and oxygen atoms in total. The van der Waals surface area contributed by atoms with Crippen LogP contribution in [0.5, 0.6) is 0 Å². The second kappa shape index (κ2) is 4.17. The van der Waals surface area contributed by atoms with Crippen LogP contribution in [0.3, 0.4) is 0 Å². The fraction of sp³-hybridized carbons (Fsp3) is 0.250. The SMILES string of the molecule is O=C1CCC(c2ccc(Cl)cc2)=C1CO. The minimum Gasteiger partial charge on any atom is -0.392 e. The number of ketones is 1. The number of carbonyl (C=O) groups is 1. The summed E-state index contributed by atoms with van der Waals surface area (Å²) >= 11 is 5.78. The van der Waals surface area contributed by atoms with Gasteiger partial charge in [0.1, 0.15) is 0 Å². The number of hydrogen-bond donors (Lipinski definition) is 1. The molecule has 1 N–H and O–H groups in total. The molecule has 0 spiro atoms. The predicted octanol–water partition coefficient (Wildman–Crippen LogP) is 2.45. The van der Waals surface area contributed by atoms with Crippen molar-refractivity contribution in [3.8, 4) is 0 Å². The van der Waals surface area contributed by atoms with Gasteiger partial charge in [-0.25, -0.2) is 0 Å². The van der Waals surface area contributed by atoms with E-state index >= 15 is 0 Å². The first-order chi connectivity index (χ1) is 7.22. The van der Waals surface area contributed by atoms with E-state index < -0.39 is 0 Å². The largest absolute Gasteiger partial charge is 0.392 e. The lowest BCUT2D eigenvalue weighted by Crippen LogP contribution is -2.00. The standard InChI is InChI=1S/C12H11ClO2/c13-9-3-1-8(2-4-9)10-5-6-12(15)11(10)7-14/h1-4,14H,5-7H2. The van der Waals surface area contributed by atoms with Crippen LogP contribution in [0.4, 0.5) is 0 Å². The summed E-state index contributed by atoms with van der Waals surface area (Å²) in [6.45, 7) is -0.170. The minimum absolute atomic E-state index is 0.0578. The average Bonchev–Trinajstić information content (AvgIpc) is 2.61. The summed E-state index contributed by atoms with van der Waals surface area (Å²) in [5.74, 6) is 0.0578. The molecular formula is C12H11ClO2. The van der Waals surface area contributed by atoms with Crippen molar-refractivity contribution in [3.63, 3.8) is 0 Å². The van der Waals surface area contributed by atoms with Crippen molar-refractivity contribution in [2.24, 2.45) is 0 Å².